The van der Waals surface area contributed by atoms with E-state index in [1.807, 2.05) is 12.1 Å². The van der Waals surface area contributed by atoms with Crippen molar-refractivity contribution in [2.45, 2.75) is 40.2 Å². The molecule has 0 saturated carbocycles. The molecule has 0 unspecified atom stereocenters. The molecular formula is C18H29IN6. The molecule has 0 saturated heterocycles. The Hall–Kier alpha value is -1.64. The van der Waals surface area contributed by atoms with E-state index in [9.17, 15) is 0 Å². The minimum atomic E-state index is 0. The Labute approximate surface area is 167 Å². The van der Waals surface area contributed by atoms with E-state index in [-0.39, 0.29) is 24.0 Å². The van der Waals surface area contributed by atoms with Gasteiger partial charge in [0, 0.05) is 13.1 Å². The number of halogens is 1. The van der Waals surface area contributed by atoms with Gasteiger partial charge < -0.3 is 10.6 Å². The van der Waals surface area contributed by atoms with Crippen molar-refractivity contribution in [1.29, 1.82) is 0 Å². The number of benzene rings is 1. The number of nitrogens with zero attached hydrogens (tertiary/aromatic N) is 4. The van der Waals surface area contributed by atoms with Crippen LogP contribution in [0.5, 0.6) is 0 Å². The molecule has 0 spiro atoms. The van der Waals surface area contributed by atoms with E-state index < -0.39 is 0 Å². The third-order valence-corrected chi connectivity index (χ3v) is 4.10. The molecule has 0 amide bonds. The summed E-state index contributed by atoms with van der Waals surface area (Å²) < 4.78 is 1.74. The van der Waals surface area contributed by atoms with E-state index in [0.717, 1.165) is 24.7 Å². The third-order valence-electron chi connectivity index (χ3n) is 4.10. The van der Waals surface area contributed by atoms with Crippen LogP contribution in [0.2, 0.25) is 0 Å². The molecule has 25 heavy (non-hydrogen) atoms. The van der Waals surface area contributed by atoms with E-state index in [1.54, 1.807) is 11.0 Å². The first-order valence-electron chi connectivity index (χ1n) is 8.72. The van der Waals surface area contributed by atoms with Crippen LogP contribution in [0.3, 0.4) is 0 Å². The van der Waals surface area contributed by atoms with Crippen molar-refractivity contribution < 1.29 is 0 Å². The van der Waals surface area contributed by atoms with Crippen molar-refractivity contribution in [2.75, 3.05) is 13.1 Å². The molecule has 138 valence electrons. The zero-order valence-corrected chi connectivity index (χ0v) is 17.6. The summed E-state index contributed by atoms with van der Waals surface area (Å²) in [5.74, 6) is 1.57. The van der Waals surface area contributed by atoms with Crippen LogP contribution in [0.4, 0.5) is 0 Å². The van der Waals surface area contributed by atoms with Crippen molar-refractivity contribution in [3.63, 3.8) is 0 Å². The summed E-state index contributed by atoms with van der Waals surface area (Å²) in [7, 11) is 0. The molecular weight excluding hydrogens is 427 g/mol. The second-order valence-corrected chi connectivity index (χ2v) is 5.77. The lowest BCUT2D eigenvalue weighted by Gasteiger charge is -2.16. The van der Waals surface area contributed by atoms with Crippen LogP contribution >= 0.6 is 24.0 Å². The van der Waals surface area contributed by atoms with Gasteiger partial charge in [0.05, 0.1) is 12.2 Å². The average molecular weight is 456 g/mol. The van der Waals surface area contributed by atoms with Gasteiger partial charge in [-0.1, -0.05) is 38.8 Å². The maximum Gasteiger partial charge on any atom is 0.191 e. The highest BCUT2D eigenvalue weighted by molar-refractivity contribution is 14.0. The Balaban J connectivity index is 0.00000312. The molecule has 7 heteroatoms. The van der Waals surface area contributed by atoms with Crippen molar-refractivity contribution in [3.8, 4) is 5.69 Å². The maximum atomic E-state index is 4.68. The van der Waals surface area contributed by atoms with Gasteiger partial charge >= 0.3 is 0 Å². The van der Waals surface area contributed by atoms with Gasteiger partial charge in [-0.25, -0.2) is 14.7 Å². The highest BCUT2D eigenvalue weighted by Gasteiger charge is 2.05. The van der Waals surface area contributed by atoms with Gasteiger partial charge in [0.2, 0.25) is 0 Å². The van der Waals surface area contributed by atoms with Crippen LogP contribution in [-0.2, 0) is 6.54 Å². The van der Waals surface area contributed by atoms with Crippen LogP contribution in [0, 0.1) is 5.92 Å². The third kappa shape index (κ3) is 7.01. The Morgan fingerprint density at radius 1 is 1.12 bits per heavy atom. The number of hydrogen-bond acceptors (Lipinski definition) is 3. The lowest BCUT2D eigenvalue weighted by molar-refractivity contribution is 0.481. The summed E-state index contributed by atoms with van der Waals surface area (Å²) in [6, 6.07) is 8.21. The van der Waals surface area contributed by atoms with Gasteiger partial charge in [-0.05, 0) is 30.5 Å². The standard InChI is InChI=1S/C18H28N6.HI/c1-4-15(5-2)11-21-18(20-6-3)22-12-16-7-9-17(10-8-16)24-14-19-13-23-24;/h7-10,13-15H,4-6,11-12H2,1-3H3,(H2,20,21,22);1H. The number of aromatic nitrogens is 3. The number of nitrogens with one attached hydrogen (secondary N) is 2. The summed E-state index contributed by atoms with van der Waals surface area (Å²) in [4.78, 5) is 8.64. The molecule has 0 radical (unpaired) electrons. The monoisotopic (exact) mass is 456 g/mol. The van der Waals surface area contributed by atoms with E-state index in [0.29, 0.717) is 12.5 Å². The molecule has 2 rings (SSSR count). The Kier molecular flexibility index (Phi) is 10.1. The SMILES string of the molecule is CCNC(=NCc1ccc(-n2cncn2)cc1)NCC(CC)CC.I. The Morgan fingerprint density at radius 3 is 2.40 bits per heavy atom. The molecule has 0 bridgehead atoms. The fourth-order valence-corrected chi connectivity index (χ4v) is 2.43. The molecule has 0 aliphatic carbocycles. The van der Waals surface area contributed by atoms with Crippen molar-refractivity contribution >= 4 is 29.9 Å². The number of guanidine groups is 1. The zero-order chi connectivity index (χ0) is 17.2. The van der Waals surface area contributed by atoms with Crippen LogP contribution in [0.25, 0.3) is 5.69 Å². The zero-order valence-electron chi connectivity index (χ0n) is 15.3. The van der Waals surface area contributed by atoms with Crippen molar-refractivity contribution in [3.05, 3.63) is 42.5 Å². The molecule has 1 heterocycles. The maximum absolute atomic E-state index is 4.68. The number of hydrogen-bond donors (Lipinski definition) is 2. The smallest absolute Gasteiger partial charge is 0.191 e. The fraction of sp³-hybridized carbons (Fsp3) is 0.500. The molecule has 0 atom stereocenters. The highest BCUT2D eigenvalue weighted by atomic mass is 127. The molecule has 1 aromatic heterocycles. The molecule has 2 aromatic rings. The lowest BCUT2D eigenvalue weighted by atomic mass is 10.0. The number of rotatable bonds is 8. The Bertz CT molecular complexity index is 605. The van der Waals surface area contributed by atoms with Gasteiger partial charge in [-0.2, -0.15) is 5.10 Å². The van der Waals surface area contributed by atoms with E-state index in [1.165, 1.54) is 24.7 Å². The predicted octanol–water partition coefficient (Wildman–Crippen LogP) is 3.38. The predicted molar refractivity (Wildman–Crippen MR) is 114 cm³/mol. The molecule has 0 aliphatic heterocycles. The minimum absolute atomic E-state index is 0. The minimum Gasteiger partial charge on any atom is -0.357 e. The van der Waals surface area contributed by atoms with Gasteiger partial charge in [0.15, 0.2) is 5.96 Å². The summed E-state index contributed by atoms with van der Waals surface area (Å²) >= 11 is 0. The second-order valence-electron chi connectivity index (χ2n) is 5.77. The Morgan fingerprint density at radius 2 is 1.84 bits per heavy atom. The highest BCUT2D eigenvalue weighted by Crippen LogP contribution is 2.09. The number of aliphatic imine (C=N–C) groups is 1. The molecule has 1 aromatic carbocycles. The largest absolute Gasteiger partial charge is 0.357 e. The normalized spacial score (nSPS) is 11.3. The van der Waals surface area contributed by atoms with Gasteiger partial charge in [0.25, 0.3) is 0 Å². The average Bonchev–Trinajstić information content (AvgIpc) is 3.15. The van der Waals surface area contributed by atoms with Crippen molar-refractivity contribution in [2.24, 2.45) is 10.9 Å². The lowest BCUT2D eigenvalue weighted by Crippen LogP contribution is -2.39. The van der Waals surface area contributed by atoms with E-state index in [2.05, 4.69) is 58.6 Å². The van der Waals surface area contributed by atoms with Crippen LogP contribution in [0.15, 0.2) is 41.9 Å². The van der Waals surface area contributed by atoms with Crippen LogP contribution < -0.4 is 10.6 Å². The molecule has 6 nitrogen and oxygen atoms in total. The van der Waals surface area contributed by atoms with Crippen LogP contribution in [-0.4, -0.2) is 33.8 Å². The van der Waals surface area contributed by atoms with E-state index in [4.69, 9.17) is 0 Å². The topological polar surface area (TPSA) is 67.1 Å². The molecule has 0 fully saturated rings. The van der Waals surface area contributed by atoms with Gasteiger partial charge in [0.1, 0.15) is 12.7 Å². The van der Waals surface area contributed by atoms with Crippen LogP contribution in [0.1, 0.15) is 39.2 Å². The first-order chi connectivity index (χ1) is 11.8. The van der Waals surface area contributed by atoms with Crippen molar-refractivity contribution in [1.82, 2.24) is 25.4 Å². The summed E-state index contributed by atoms with van der Waals surface area (Å²) in [5.41, 5.74) is 2.16. The van der Waals surface area contributed by atoms with Gasteiger partial charge in [-0.15, -0.1) is 24.0 Å². The fourth-order valence-electron chi connectivity index (χ4n) is 2.43. The quantitative estimate of drug-likeness (QED) is 0.363. The summed E-state index contributed by atoms with van der Waals surface area (Å²) in [6.07, 6.45) is 5.60. The molecule has 2 N–H and O–H groups in total. The van der Waals surface area contributed by atoms with Gasteiger partial charge in [-0.3, -0.25) is 0 Å². The summed E-state index contributed by atoms with van der Waals surface area (Å²) in [6.45, 7) is 9.02. The first-order valence-corrected chi connectivity index (χ1v) is 8.72. The van der Waals surface area contributed by atoms with E-state index >= 15 is 0 Å². The second kappa shape index (κ2) is 11.8. The first kappa shape index (κ1) is 21.4. The molecule has 0 aliphatic rings. The summed E-state index contributed by atoms with van der Waals surface area (Å²) in [5, 5.41) is 10.9.